The lowest BCUT2D eigenvalue weighted by atomic mass is 10.1. The van der Waals surface area contributed by atoms with Crippen molar-refractivity contribution in [2.45, 2.75) is 52.4 Å². The van der Waals surface area contributed by atoms with Crippen molar-refractivity contribution < 1.29 is 14.4 Å². The molecule has 128 valence electrons. The largest absolute Gasteiger partial charge is 0.491 e. The topological polar surface area (TPSA) is 64.8 Å². The summed E-state index contributed by atoms with van der Waals surface area (Å²) in [5.41, 5.74) is 0.989. The molecule has 0 aromatic heterocycles. The molecule has 6 nitrogen and oxygen atoms in total. The Morgan fingerprint density at radius 3 is 2.61 bits per heavy atom. The van der Waals surface area contributed by atoms with Gasteiger partial charge in [-0.2, -0.15) is 0 Å². The number of hydrogen-bond acceptors (Lipinski definition) is 5. The highest BCUT2D eigenvalue weighted by Gasteiger charge is 2.21. The molecule has 1 heterocycles. The number of nitro benzene ring substituents is 1. The predicted molar refractivity (Wildman–Crippen MR) is 88.8 cm³/mol. The van der Waals surface area contributed by atoms with Crippen LogP contribution in [0.2, 0.25) is 0 Å². The Bertz CT molecular complexity index is 525. The maximum Gasteiger partial charge on any atom is 0.270 e. The molecule has 0 radical (unpaired) electrons. The van der Waals surface area contributed by atoms with Crippen molar-refractivity contribution in [1.29, 1.82) is 0 Å². The van der Waals surface area contributed by atoms with Gasteiger partial charge in [-0.05, 0) is 39.7 Å². The summed E-state index contributed by atoms with van der Waals surface area (Å²) in [5, 5.41) is 11.0. The van der Waals surface area contributed by atoms with Gasteiger partial charge in [-0.25, -0.2) is 0 Å². The molecule has 0 unspecified atom stereocenters. The maximum atomic E-state index is 11.0. The van der Waals surface area contributed by atoms with Crippen molar-refractivity contribution in [2.24, 2.45) is 0 Å². The maximum absolute atomic E-state index is 11.0. The van der Waals surface area contributed by atoms with Crippen molar-refractivity contribution in [3.63, 3.8) is 0 Å². The second-order valence-electron chi connectivity index (χ2n) is 6.15. The number of hydrogen-bond donors (Lipinski definition) is 0. The average Bonchev–Trinajstić information content (AvgIpc) is 2.50. The molecule has 0 spiro atoms. The highest BCUT2D eigenvalue weighted by atomic mass is 16.6. The second-order valence-corrected chi connectivity index (χ2v) is 6.15. The van der Waals surface area contributed by atoms with Crippen LogP contribution in [0.5, 0.6) is 5.75 Å². The molecule has 6 heteroatoms. The number of nitrogens with zero attached hydrogens (tertiary/aromatic N) is 2. The van der Waals surface area contributed by atoms with Gasteiger partial charge in [0.1, 0.15) is 5.75 Å². The van der Waals surface area contributed by atoms with E-state index in [0.29, 0.717) is 12.6 Å². The van der Waals surface area contributed by atoms with Crippen molar-refractivity contribution in [2.75, 3.05) is 19.7 Å². The lowest BCUT2D eigenvalue weighted by molar-refractivity contribution is -0.385. The first-order valence-corrected chi connectivity index (χ1v) is 8.27. The van der Waals surface area contributed by atoms with E-state index in [9.17, 15) is 10.1 Å². The average molecular weight is 322 g/mol. The zero-order chi connectivity index (χ0) is 16.8. The van der Waals surface area contributed by atoms with Crippen molar-refractivity contribution >= 4 is 5.69 Å². The van der Waals surface area contributed by atoms with E-state index < -0.39 is 0 Å². The summed E-state index contributed by atoms with van der Waals surface area (Å²) in [6.45, 7) is 9.23. The molecule has 1 aliphatic heterocycles. The first-order chi connectivity index (χ1) is 11.0. The standard InChI is InChI=1S/C17H26N2O4/c1-4-22-16-7-9-18(10-8-16)12-14-11-15(19(20)21)5-6-17(14)23-13(2)3/h5-6,11,13,16H,4,7-10,12H2,1-3H3. The zero-order valence-electron chi connectivity index (χ0n) is 14.2. The molecule has 2 rings (SSSR count). The van der Waals surface area contributed by atoms with E-state index in [1.54, 1.807) is 12.1 Å². The number of ether oxygens (including phenoxy) is 2. The van der Waals surface area contributed by atoms with Crippen LogP contribution in [0.15, 0.2) is 18.2 Å². The fraction of sp³-hybridized carbons (Fsp3) is 0.647. The summed E-state index contributed by atoms with van der Waals surface area (Å²) in [7, 11) is 0. The lowest BCUT2D eigenvalue weighted by Crippen LogP contribution is -2.36. The molecule has 23 heavy (non-hydrogen) atoms. The molecule has 0 N–H and O–H groups in total. The summed E-state index contributed by atoms with van der Waals surface area (Å²) >= 11 is 0. The number of nitro groups is 1. The fourth-order valence-electron chi connectivity index (χ4n) is 2.88. The Kier molecular flexibility index (Phi) is 6.36. The smallest absolute Gasteiger partial charge is 0.270 e. The highest BCUT2D eigenvalue weighted by Crippen LogP contribution is 2.27. The van der Waals surface area contributed by atoms with Gasteiger partial charge in [0.25, 0.3) is 5.69 Å². The monoisotopic (exact) mass is 322 g/mol. The van der Waals surface area contributed by atoms with Gasteiger partial charge in [-0.3, -0.25) is 15.0 Å². The quantitative estimate of drug-likeness (QED) is 0.569. The number of non-ortho nitro benzene ring substituents is 1. The minimum Gasteiger partial charge on any atom is -0.491 e. The van der Waals surface area contributed by atoms with Crippen molar-refractivity contribution in [3.8, 4) is 5.75 Å². The molecule has 0 amide bonds. The van der Waals surface area contributed by atoms with Crippen LogP contribution in [0.3, 0.4) is 0 Å². The van der Waals surface area contributed by atoms with Gasteiger partial charge in [0.05, 0.1) is 17.1 Å². The molecule has 0 bridgehead atoms. The summed E-state index contributed by atoms with van der Waals surface area (Å²) in [6.07, 6.45) is 2.39. The fourth-order valence-corrected chi connectivity index (χ4v) is 2.88. The van der Waals surface area contributed by atoms with Gasteiger partial charge >= 0.3 is 0 Å². The Hall–Kier alpha value is -1.66. The Morgan fingerprint density at radius 1 is 1.35 bits per heavy atom. The molecular formula is C17H26N2O4. The zero-order valence-corrected chi connectivity index (χ0v) is 14.2. The normalized spacial score (nSPS) is 16.7. The van der Waals surface area contributed by atoms with Gasteiger partial charge in [-0.1, -0.05) is 0 Å². The molecule has 1 saturated heterocycles. The van der Waals surface area contributed by atoms with Crippen LogP contribution in [0.1, 0.15) is 39.2 Å². The van der Waals surface area contributed by atoms with Crippen molar-refractivity contribution in [3.05, 3.63) is 33.9 Å². The predicted octanol–water partition coefficient (Wildman–Crippen LogP) is 3.38. The Balaban J connectivity index is 2.07. The molecule has 1 aliphatic rings. The van der Waals surface area contributed by atoms with E-state index in [-0.39, 0.29) is 16.7 Å². The van der Waals surface area contributed by atoms with E-state index in [1.807, 2.05) is 20.8 Å². The van der Waals surface area contributed by atoms with Crippen molar-refractivity contribution in [1.82, 2.24) is 4.90 Å². The van der Waals surface area contributed by atoms with Crippen LogP contribution in [0.25, 0.3) is 0 Å². The van der Waals surface area contributed by atoms with E-state index in [4.69, 9.17) is 9.47 Å². The van der Waals surface area contributed by atoms with E-state index in [1.165, 1.54) is 6.07 Å². The number of piperidine rings is 1. The van der Waals surface area contributed by atoms with Gasteiger partial charge < -0.3 is 9.47 Å². The third kappa shape index (κ3) is 5.18. The lowest BCUT2D eigenvalue weighted by Gasteiger charge is -2.32. The van der Waals surface area contributed by atoms with Crippen LogP contribution in [-0.2, 0) is 11.3 Å². The first-order valence-electron chi connectivity index (χ1n) is 8.27. The molecule has 0 atom stereocenters. The second kappa shape index (κ2) is 8.26. The van der Waals surface area contributed by atoms with Crippen LogP contribution >= 0.6 is 0 Å². The molecule has 1 fully saturated rings. The summed E-state index contributed by atoms with van der Waals surface area (Å²) < 4.78 is 11.5. The molecule has 1 aromatic carbocycles. The molecule has 1 aromatic rings. The van der Waals surface area contributed by atoms with E-state index in [0.717, 1.165) is 43.9 Å². The number of rotatable bonds is 7. The SMILES string of the molecule is CCOC1CCN(Cc2cc([N+](=O)[O-])ccc2OC(C)C)CC1. The van der Waals surface area contributed by atoms with Gasteiger partial charge in [0.15, 0.2) is 0 Å². The van der Waals surface area contributed by atoms with Crippen LogP contribution in [-0.4, -0.2) is 41.7 Å². The molecule has 0 aliphatic carbocycles. The highest BCUT2D eigenvalue weighted by molar-refractivity contribution is 5.44. The van der Waals surface area contributed by atoms with Gasteiger partial charge in [0, 0.05) is 43.9 Å². The van der Waals surface area contributed by atoms with Gasteiger partial charge in [0.2, 0.25) is 0 Å². The summed E-state index contributed by atoms with van der Waals surface area (Å²) in [4.78, 5) is 13.0. The van der Waals surface area contributed by atoms with Crippen LogP contribution in [0.4, 0.5) is 5.69 Å². The Labute approximate surface area is 137 Å². The minimum atomic E-state index is -0.357. The van der Waals surface area contributed by atoms with Crippen LogP contribution < -0.4 is 4.74 Å². The van der Waals surface area contributed by atoms with Gasteiger partial charge in [-0.15, -0.1) is 0 Å². The first kappa shape index (κ1) is 17.7. The summed E-state index contributed by atoms with van der Waals surface area (Å²) in [5.74, 6) is 0.734. The van der Waals surface area contributed by atoms with E-state index >= 15 is 0 Å². The van der Waals surface area contributed by atoms with E-state index in [2.05, 4.69) is 4.90 Å². The third-order valence-electron chi connectivity index (χ3n) is 3.95. The number of likely N-dealkylation sites (tertiary alicyclic amines) is 1. The molecule has 0 saturated carbocycles. The molecular weight excluding hydrogens is 296 g/mol. The minimum absolute atomic E-state index is 0.0406. The summed E-state index contributed by atoms with van der Waals surface area (Å²) in [6, 6.07) is 4.84. The van der Waals surface area contributed by atoms with Crippen LogP contribution in [0, 0.1) is 10.1 Å². The third-order valence-corrected chi connectivity index (χ3v) is 3.95. The Morgan fingerprint density at radius 2 is 2.04 bits per heavy atom. The number of benzene rings is 1.